The number of ether oxygens (including phenoxy) is 1. The van der Waals surface area contributed by atoms with Crippen LogP contribution in [0.3, 0.4) is 0 Å². The van der Waals surface area contributed by atoms with Gasteiger partial charge in [0, 0.05) is 31.2 Å². The molecule has 2 amide bonds. The third kappa shape index (κ3) is 3.48. The second-order valence-electron chi connectivity index (χ2n) is 5.31. The maximum Gasteiger partial charge on any atom is 0.247 e. The molecular formula is C16H19ClN2O3. The molecule has 2 N–H and O–H groups in total. The summed E-state index contributed by atoms with van der Waals surface area (Å²) >= 11 is 6.13. The normalized spacial score (nSPS) is 22.0. The average Bonchev–Trinajstić information content (AvgIpc) is 2.92. The molecule has 0 aromatic heterocycles. The van der Waals surface area contributed by atoms with Crippen LogP contribution in [0.2, 0.25) is 5.02 Å². The van der Waals surface area contributed by atoms with Crippen molar-refractivity contribution in [2.75, 3.05) is 13.7 Å². The number of hydrogen-bond acceptors (Lipinski definition) is 3. The zero-order valence-corrected chi connectivity index (χ0v) is 13.3. The Balaban J connectivity index is 2.22. The van der Waals surface area contributed by atoms with E-state index in [4.69, 9.17) is 22.1 Å². The molecule has 1 heterocycles. The molecule has 0 unspecified atom stereocenters. The Morgan fingerprint density at radius 3 is 2.68 bits per heavy atom. The lowest BCUT2D eigenvalue weighted by atomic mass is 10.1. The summed E-state index contributed by atoms with van der Waals surface area (Å²) in [4.78, 5) is 25.4. The lowest BCUT2D eigenvalue weighted by molar-refractivity contribution is -0.133. The molecule has 0 radical (unpaired) electrons. The van der Waals surface area contributed by atoms with Gasteiger partial charge in [-0.25, -0.2) is 0 Å². The van der Waals surface area contributed by atoms with Crippen molar-refractivity contribution in [2.45, 2.75) is 25.5 Å². The summed E-state index contributed by atoms with van der Waals surface area (Å²) in [6.45, 7) is 2.16. The van der Waals surface area contributed by atoms with E-state index < -0.39 is 11.9 Å². The first-order valence-corrected chi connectivity index (χ1v) is 7.37. The minimum Gasteiger partial charge on any atom is -0.380 e. The molecule has 2 rings (SSSR count). The Bertz CT molecular complexity index is 615. The van der Waals surface area contributed by atoms with Gasteiger partial charge in [-0.1, -0.05) is 29.8 Å². The zero-order valence-electron chi connectivity index (χ0n) is 12.6. The molecular weight excluding hydrogens is 304 g/mol. The number of methoxy groups -OCH3 is 1. The Hall–Kier alpha value is -1.85. The molecule has 118 valence electrons. The van der Waals surface area contributed by atoms with Crippen LogP contribution in [0.15, 0.2) is 30.3 Å². The van der Waals surface area contributed by atoms with E-state index in [0.29, 0.717) is 18.0 Å². The maximum atomic E-state index is 12.5. The van der Waals surface area contributed by atoms with E-state index in [0.717, 1.165) is 11.1 Å². The van der Waals surface area contributed by atoms with Crippen molar-refractivity contribution in [2.24, 2.45) is 5.73 Å². The van der Waals surface area contributed by atoms with Gasteiger partial charge in [0.2, 0.25) is 11.8 Å². The van der Waals surface area contributed by atoms with Gasteiger partial charge >= 0.3 is 0 Å². The molecule has 1 saturated heterocycles. The van der Waals surface area contributed by atoms with Gasteiger partial charge < -0.3 is 15.4 Å². The highest BCUT2D eigenvalue weighted by molar-refractivity contribution is 6.32. The van der Waals surface area contributed by atoms with Crippen LogP contribution in [-0.2, 0) is 14.3 Å². The van der Waals surface area contributed by atoms with Gasteiger partial charge in [0.05, 0.1) is 6.10 Å². The van der Waals surface area contributed by atoms with Crippen LogP contribution >= 0.6 is 11.6 Å². The Morgan fingerprint density at radius 1 is 1.41 bits per heavy atom. The van der Waals surface area contributed by atoms with Crippen molar-refractivity contribution < 1.29 is 14.3 Å². The highest BCUT2D eigenvalue weighted by atomic mass is 35.5. The van der Waals surface area contributed by atoms with Crippen molar-refractivity contribution >= 4 is 29.0 Å². The summed E-state index contributed by atoms with van der Waals surface area (Å²) in [5.41, 5.74) is 6.90. The van der Waals surface area contributed by atoms with E-state index >= 15 is 0 Å². The third-order valence-corrected chi connectivity index (χ3v) is 4.18. The van der Waals surface area contributed by atoms with Gasteiger partial charge in [-0.3, -0.25) is 9.59 Å². The second-order valence-corrected chi connectivity index (χ2v) is 5.72. The van der Waals surface area contributed by atoms with Crippen LogP contribution in [0.25, 0.3) is 5.57 Å². The SMILES string of the molecule is CO[C@H]1C[C@@H](C(N)=O)N(C(=O)/C=C(\C)c2ccccc2Cl)C1. The predicted octanol–water partition coefficient (Wildman–Crippen LogP) is 1.84. The lowest BCUT2D eigenvalue weighted by Crippen LogP contribution is -2.43. The number of amides is 2. The molecule has 0 aliphatic carbocycles. The standard InChI is InChI=1S/C16H19ClN2O3/c1-10(12-5-3-4-6-13(12)17)7-15(20)19-9-11(22-2)8-14(19)16(18)21/h3-7,11,14H,8-9H2,1-2H3,(H2,18,21)/b10-7+/t11-,14-/m0/s1. The number of carbonyl (C=O) groups is 2. The lowest BCUT2D eigenvalue weighted by Gasteiger charge is -2.20. The van der Waals surface area contributed by atoms with E-state index in [-0.39, 0.29) is 12.0 Å². The smallest absolute Gasteiger partial charge is 0.247 e. The average molecular weight is 323 g/mol. The summed E-state index contributed by atoms with van der Waals surface area (Å²) in [7, 11) is 1.56. The molecule has 1 fully saturated rings. The molecule has 2 atom stereocenters. The first-order chi connectivity index (χ1) is 10.4. The van der Waals surface area contributed by atoms with E-state index in [1.807, 2.05) is 25.1 Å². The number of nitrogens with zero attached hydrogens (tertiary/aromatic N) is 1. The van der Waals surface area contributed by atoms with Crippen molar-refractivity contribution in [1.82, 2.24) is 4.90 Å². The topological polar surface area (TPSA) is 72.6 Å². The summed E-state index contributed by atoms with van der Waals surface area (Å²) in [6, 6.07) is 6.66. The fourth-order valence-corrected chi connectivity index (χ4v) is 2.89. The first kappa shape index (κ1) is 16.5. The van der Waals surface area contributed by atoms with Gasteiger partial charge in [0.25, 0.3) is 0 Å². The minimum absolute atomic E-state index is 0.171. The number of likely N-dealkylation sites (tertiary alicyclic amines) is 1. The monoisotopic (exact) mass is 322 g/mol. The van der Waals surface area contributed by atoms with E-state index in [9.17, 15) is 9.59 Å². The zero-order chi connectivity index (χ0) is 16.3. The van der Waals surface area contributed by atoms with Crippen molar-refractivity contribution in [1.29, 1.82) is 0 Å². The minimum atomic E-state index is -0.632. The fourth-order valence-electron chi connectivity index (χ4n) is 2.61. The molecule has 1 aliphatic rings. The largest absolute Gasteiger partial charge is 0.380 e. The molecule has 22 heavy (non-hydrogen) atoms. The van der Waals surface area contributed by atoms with Crippen LogP contribution in [0.5, 0.6) is 0 Å². The first-order valence-electron chi connectivity index (χ1n) is 7.00. The van der Waals surface area contributed by atoms with Crippen LogP contribution in [-0.4, -0.2) is 42.5 Å². The molecule has 6 heteroatoms. The fraction of sp³-hybridized carbons (Fsp3) is 0.375. The molecule has 0 saturated carbocycles. The van der Waals surface area contributed by atoms with E-state index in [2.05, 4.69) is 0 Å². The molecule has 5 nitrogen and oxygen atoms in total. The van der Waals surface area contributed by atoms with Crippen LogP contribution in [0.1, 0.15) is 18.9 Å². The predicted molar refractivity (Wildman–Crippen MR) is 85.2 cm³/mol. The summed E-state index contributed by atoms with van der Waals surface area (Å²) < 4.78 is 5.24. The van der Waals surface area contributed by atoms with Gasteiger partial charge in [-0.2, -0.15) is 0 Å². The number of carbonyl (C=O) groups excluding carboxylic acids is 2. The number of hydrogen-bond donors (Lipinski definition) is 1. The molecule has 1 aliphatic heterocycles. The van der Waals surface area contributed by atoms with Gasteiger partial charge in [0.15, 0.2) is 0 Å². The Morgan fingerprint density at radius 2 is 2.09 bits per heavy atom. The molecule has 1 aromatic carbocycles. The molecule has 0 bridgehead atoms. The second kappa shape index (κ2) is 6.94. The molecule has 0 spiro atoms. The number of primary amides is 1. The van der Waals surface area contributed by atoms with Crippen LogP contribution in [0.4, 0.5) is 0 Å². The summed E-state index contributed by atoms with van der Waals surface area (Å²) in [5, 5.41) is 0.576. The van der Waals surface area contributed by atoms with Gasteiger partial charge in [0.1, 0.15) is 6.04 Å². The van der Waals surface area contributed by atoms with Crippen LogP contribution in [0, 0.1) is 0 Å². The Kier molecular flexibility index (Phi) is 5.21. The van der Waals surface area contributed by atoms with Crippen LogP contribution < -0.4 is 5.73 Å². The van der Waals surface area contributed by atoms with Crippen molar-refractivity contribution in [3.05, 3.63) is 40.9 Å². The number of halogens is 1. The maximum absolute atomic E-state index is 12.5. The van der Waals surface area contributed by atoms with Gasteiger partial charge in [-0.05, 0) is 24.1 Å². The highest BCUT2D eigenvalue weighted by Crippen LogP contribution is 2.25. The number of allylic oxidation sites excluding steroid dienone is 1. The van der Waals surface area contributed by atoms with Crippen molar-refractivity contribution in [3.8, 4) is 0 Å². The number of benzene rings is 1. The Labute approximate surface area is 134 Å². The van der Waals surface area contributed by atoms with E-state index in [1.54, 1.807) is 13.2 Å². The summed E-state index contributed by atoms with van der Waals surface area (Å²) in [6.07, 6.45) is 1.74. The summed E-state index contributed by atoms with van der Waals surface area (Å²) in [5.74, 6) is -0.780. The number of nitrogens with two attached hydrogens (primary N) is 1. The third-order valence-electron chi connectivity index (χ3n) is 3.85. The number of rotatable bonds is 4. The van der Waals surface area contributed by atoms with Crippen molar-refractivity contribution in [3.63, 3.8) is 0 Å². The van der Waals surface area contributed by atoms with Gasteiger partial charge in [-0.15, -0.1) is 0 Å². The highest BCUT2D eigenvalue weighted by Gasteiger charge is 2.38. The quantitative estimate of drug-likeness (QED) is 0.860. The molecule has 1 aromatic rings. The van der Waals surface area contributed by atoms with E-state index in [1.165, 1.54) is 11.0 Å².